The SMILES string of the molecule is CCC1CCN(CC(O)c2ccc(CF)cc2)CC1. The van der Waals surface area contributed by atoms with Crippen LogP contribution in [0, 0.1) is 5.92 Å². The molecule has 0 aliphatic carbocycles. The van der Waals surface area contributed by atoms with E-state index in [-0.39, 0.29) is 0 Å². The number of hydrogen-bond donors (Lipinski definition) is 1. The van der Waals surface area contributed by atoms with Gasteiger partial charge in [0.1, 0.15) is 6.67 Å². The second kappa shape index (κ2) is 7.01. The molecule has 1 heterocycles. The maximum atomic E-state index is 12.4. The van der Waals surface area contributed by atoms with Gasteiger partial charge in [-0.05, 0) is 43.0 Å². The van der Waals surface area contributed by atoms with Crippen LogP contribution in [0.15, 0.2) is 24.3 Å². The average Bonchev–Trinajstić information content (AvgIpc) is 2.48. The maximum absolute atomic E-state index is 12.4. The number of rotatable bonds is 5. The Morgan fingerprint density at radius 3 is 2.42 bits per heavy atom. The van der Waals surface area contributed by atoms with Crippen LogP contribution in [0.1, 0.15) is 43.4 Å². The summed E-state index contributed by atoms with van der Waals surface area (Å²) < 4.78 is 12.4. The molecule has 2 nitrogen and oxygen atoms in total. The third-order valence-electron chi connectivity index (χ3n) is 4.23. The fourth-order valence-electron chi connectivity index (χ4n) is 2.76. The normalized spacial score (nSPS) is 19.5. The number of halogens is 1. The minimum absolute atomic E-state index is 0.444. The first kappa shape index (κ1) is 14.5. The molecule has 1 aliphatic heterocycles. The zero-order chi connectivity index (χ0) is 13.7. The van der Waals surface area contributed by atoms with E-state index in [1.807, 2.05) is 12.1 Å². The summed E-state index contributed by atoms with van der Waals surface area (Å²) in [4.78, 5) is 2.33. The summed E-state index contributed by atoms with van der Waals surface area (Å²) in [5.41, 5.74) is 1.55. The van der Waals surface area contributed by atoms with Gasteiger partial charge in [-0.1, -0.05) is 37.6 Å². The molecule has 106 valence electrons. The molecule has 1 aromatic rings. The lowest BCUT2D eigenvalue weighted by Gasteiger charge is -2.32. The van der Waals surface area contributed by atoms with E-state index in [4.69, 9.17) is 0 Å². The highest BCUT2D eigenvalue weighted by Gasteiger charge is 2.20. The number of alkyl halides is 1. The van der Waals surface area contributed by atoms with Crippen molar-refractivity contribution in [3.8, 4) is 0 Å². The third-order valence-corrected chi connectivity index (χ3v) is 4.23. The first-order valence-electron chi connectivity index (χ1n) is 7.28. The largest absolute Gasteiger partial charge is 0.387 e. The Kier molecular flexibility index (Phi) is 5.34. The molecule has 0 amide bonds. The molecule has 1 atom stereocenters. The Hall–Kier alpha value is -0.930. The molecular formula is C16H24FNO. The van der Waals surface area contributed by atoms with Crippen LogP contribution < -0.4 is 0 Å². The lowest BCUT2D eigenvalue weighted by Crippen LogP contribution is -2.36. The van der Waals surface area contributed by atoms with Crippen molar-refractivity contribution in [3.05, 3.63) is 35.4 Å². The molecule has 19 heavy (non-hydrogen) atoms. The molecule has 0 aromatic heterocycles. The van der Waals surface area contributed by atoms with Gasteiger partial charge in [0.25, 0.3) is 0 Å². The molecule has 3 heteroatoms. The van der Waals surface area contributed by atoms with Gasteiger partial charge in [-0.15, -0.1) is 0 Å². The first-order valence-corrected chi connectivity index (χ1v) is 7.28. The standard InChI is InChI=1S/C16H24FNO/c1-2-13-7-9-18(10-8-13)12-16(19)15-5-3-14(11-17)4-6-15/h3-6,13,16,19H,2,7-12H2,1H3. The van der Waals surface area contributed by atoms with E-state index < -0.39 is 12.8 Å². The quantitative estimate of drug-likeness (QED) is 0.883. The van der Waals surface area contributed by atoms with Crippen LogP contribution in [0.4, 0.5) is 4.39 Å². The first-order chi connectivity index (χ1) is 9.22. The molecular weight excluding hydrogens is 241 g/mol. The van der Waals surface area contributed by atoms with Crippen LogP contribution >= 0.6 is 0 Å². The van der Waals surface area contributed by atoms with Crippen LogP contribution in [0.25, 0.3) is 0 Å². The predicted octanol–water partition coefficient (Wildman–Crippen LogP) is 3.31. The van der Waals surface area contributed by atoms with E-state index in [1.165, 1.54) is 19.3 Å². The highest BCUT2D eigenvalue weighted by Crippen LogP contribution is 2.22. The monoisotopic (exact) mass is 265 g/mol. The molecule has 0 bridgehead atoms. The van der Waals surface area contributed by atoms with Gasteiger partial charge in [0, 0.05) is 6.54 Å². The molecule has 1 N–H and O–H groups in total. The zero-order valence-electron chi connectivity index (χ0n) is 11.7. The summed E-state index contributed by atoms with van der Waals surface area (Å²) in [5.74, 6) is 0.859. The Labute approximate surface area is 115 Å². The Morgan fingerprint density at radius 1 is 1.26 bits per heavy atom. The second-order valence-electron chi connectivity index (χ2n) is 5.54. The average molecular weight is 265 g/mol. The molecule has 0 radical (unpaired) electrons. The van der Waals surface area contributed by atoms with E-state index in [0.717, 1.165) is 24.6 Å². The third kappa shape index (κ3) is 4.02. The van der Waals surface area contributed by atoms with E-state index in [2.05, 4.69) is 11.8 Å². The molecule has 1 saturated heterocycles. The number of β-amino-alcohol motifs (C(OH)–C–C–N with tert-alkyl or cyclic N) is 1. The second-order valence-corrected chi connectivity index (χ2v) is 5.54. The lowest BCUT2D eigenvalue weighted by atomic mass is 9.94. The summed E-state index contributed by atoms with van der Waals surface area (Å²) in [6, 6.07) is 7.17. The van der Waals surface area contributed by atoms with Gasteiger partial charge in [0.2, 0.25) is 0 Å². The number of aliphatic hydroxyl groups is 1. The summed E-state index contributed by atoms with van der Waals surface area (Å²) in [5, 5.41) is 10.2. The number of benzene rings is 1. The van der Waals surface area contributed by atoms with Gasteiger partial charge in [0.05, 0.1) is 6.10 Å². The van der Waals surface area contributed by atoms with Gasteiger partial charge in [0.15, 0.2) is 0 Å². The molecule has 1 aliphatic rings. The van der Waals surface area contributed by atoms with E-state index in [9.17, 15) is 9.50 Å². The fourth-order valence-corrected chi connectivity index (χ4v) is 2.76. The Morgan fingerprint density at radius 2 is 1.89 bits per heavy atom. The summed E-state index contributed by atoms with van der Waals surface area (Å²) in [7, 11) is 0. The van der Waals surface area contributed by atoms with E-state index in [0.29, 0.717) is 12.1 Å². The highest BCUT2D eigenvalue weighted by molar-refractivity contribution is 5.23. The topological polar surface area (TPSA) is 23.5 Å². The van der Waals surface area contributed by atoms with Gasteiger partial charge in [-0.3, -0.25) is 0 Å². The molecule has 0 saturated carbocycles. The summed E-state index contributed by atoms with van der Waals surface area (Å²) in [6.07, 6.45) is 3.28. The summed E-state index contributed by atoms with van der Waals surface area (Å²) in [6.45, 7) is 4.66. The number of nitrogens with zero attached hydrogens (tertiary/aromatic N) is 1. The molecule has 0 spiro atoms. The molecule has 1 fully saturated rings. The molecule has 2 rings (SSSR count). The van der Waals surface area contributed by atoms with E-state index in [1.54, 1.807) is 12.1 Å². The van der Waals surface area contributed by atoms with Crippen molar-refractivity contribution in [2.24, 2.45) is 5.92 Å². The minimum atomic E-state index is -0.466. The Bertz CT molecular complexity index is 371. The Balaban J connectivity index is 1.85. The predicted molar refractivity (Wildman–Crippen MR) is 75.7 cm³/mol. The van der Waals surface area contributed by atoms with Crippen molar-refractivity contribution in [2.75, 3.05) is 19.6 Å². The van der Waals surface area contributed by atoms with Crippen molar-refractivity contribution in [1.82, 2.24) is 4.90 Å². The minimum Gasteiger partial charge on any atom is -0.387 e. The van der Waals surface area contributed by atoms with Crippen LogP contribution in [-0.4, -0.2) is 29.6 Å². The molecule has 1 aromatic carbocycles. The highest BCUT2D eigenvalue weighted by atomic mass is 19.1. The zero-order valence-corrected chi connectivity index (χ0v) is 11.7. The number of aliphatic hydroxyl groups excluding tert-OH is 1. The van der Waals surface area contributed by atoms with Crippen molar-refractivity contribution >= 4 is 0 Å². The summed E-state index contributed by atoms with van der Waals surface area (Å²) >= 11 is 0. The number of piperidine rings is 1. The van der Waals surface area contributed by atoms with Crippen molar-refractivity contribution in [2.45, 2.75) is 39.0 Å². The van der Waals surface area contributed by atoms with Crippen LogP contribution in [0.3, 0.4) is 0 Å². The van der Waals surface area contributed by atoms with Gasteiger partial charge in [-0.2, -0.15) is 0 Å². The van der Waals surface area contributed by atoms with Crippen molar-refractivity contribution in [3.63, 3.8) is 0 Å². The van der Waals surface area contributed by atoms with E-state index >= 15 is 0 Å². The smallest absolute Gasteiger partial charge is 0.115 e. The molecule has 1 unspecified atom stereocenters. The maximum Gasteiger partial charge on any atom is 0.115 e. The van der Waals surface area contributed by atoms with Crippen LogP contribution in [0.5, 0.6) is 0 Å². The van der Waals surface area contributed by atoms with Gasteiger partial charge < -0.3 is 10.0 Å². The van der Waals surface area contributed by atoms with Crippen LogP contribution in [0.2, 0.25) is 0 Å². The van der Waals surface area contributed by atoms with Crippen molar-refractivity contribution in [1.29, 1.82) is 0 Å². The fraction of sp³-hybridized carbons (Fsp3) is 0.625. The lowest BCUT2D eigenvalue weighted by molar-refractivity contribution is 0.0887. The number of likely N-dealkylation sites (tertiary alicyclic amines) is 1. The van der Waals surface area contributed by atoms with Crippen LogP contribution in [-0.2, 0) is 6.67 Å². The van der Waals surface area contributed by atoms with Gasteiger partial charge >= 0.3 is 0 Å². The van der Waals surface area contributed by atoms with Crippen molar-refractivity contribution < 1.29 is 9.50 Å². The van der Waals surface area contributed by atoms with Gasteiger partial charge in [-0.25, -0.2) is 4.39 Å². The number of hydrogen-bond acceptors (Lipinski definition) is 2.